The molecule has 1 fully saturated rings. The first-order chi connectivity index (χ1) is 7.42. The highest BCUT2D eigenvalue weighted by molar-refractivity contribution is 5.03. The highest BCUT2D eigenvalue weighted by atomic mass is 16.6. The lowest BCUT2D eigenvalue weighted by atomic mass is 10.0. The smallest absolute Gasteiger partial charge is 0.0892 e. The molecule has 0 radical (unpaired) electrons. The second-order valence-corrected chi connectivity index (χ2v) is 5.66. The molecule has 0 bridgehead atoms. The van der Waals surface area contributed by atoms with Crippen molar-refractivity contribution in [2.45, 2.75) is 72.0 Å². The van der Waals surface area contributed by atoms with Crippen molar-refractivity contribution in [2.75, 3.05) is 0 Å². The van der Waals surface area contributed by atoms with Crippen LogP contribution in [-0.4, -0.2) is 11.7 Å². The fraction of sp³-hybridized carbons (Fsp3) is 0.733. The molecule has 0 spiro atoms. The zero-order valence-corrected chi connectivity index (χ0v) is 11.5. The Bertz CT molecular complexity index is 280. The van der Waals surface area contributed by atoms with Gasteiger partial charge in [0, 0.05) is 0 Å². The summed E-state index contributed by atoms with van der Waals surface area (Å²) in [5.74, 6) is 0. The van der Waals surface area contributed by atoms with Crippen LogP contribution in [0.4, 0.5) is 0 Å². The van der Waals surface area contributed by atoms with E-state index in [1.807, 2.05) is 0 Å². The molecule has 1 aliphatic rings. The maximum Gasteiger partial charge on any atom is 0.0892 e. The topological polar surface area (TPSA) is 12.5 Å². The predicted octanol–water partition coefficient (Wildman–Crippen LogP) is 4.64. The Labute approximate surface area is 101 Å². The summed E-state index contributed by atoms with van der Waals surface area (Å²) in [6, 6.07) is 0. The van der Waals surface area contributed by atoms with Gasteiger partial charge in [0.05, 0.1) is 11.7 Å². The molecule has 0 N–H and O–H groups in total. The average molecular weight is 222 g/mol. The largest absolute Gasteiger partial charge is 0.367 e. The molecule has 1 atom stereocenters. The van der Waals surface area contributed by atoms with E-state index in [-0.39, 0.29) is 5.60 Å². The average Bonchev–Trinajstić information content (AvgIpc) is 2.73. The van der Waals surface area contributed by atoms with Gasteiger partial charge in [0.2, 0.25) is 0 Å². The van der Waals surface area contributed by atoms with Crippen molar-refractivity contribution >= 4 is 0 Å². The van der Waals surface area contributed by atoms with Crippen LogP contribution in [0.1, 0.15) is 60.3 Å². The Morgan fingerprint density at radius 3 is 2.25 bits per heavy atom. The second kappa shape index (κ2) is 5.67. The van der Waals surface area contributed by atoms with Gasteiger partial charge in [-0.1, -0.05) is 23.3 Å². The van der Waals surface area contributed by atoms with E-state index in [1.54, 1.807) is 0 Å². The maximum atomic E-state index is 5.56. The van der Waals surface area contributed by atoms with E-state index in [9.17, 15) is 0 Å². The van der Waals surface area contributed by atoms with Gasteiger partial charge >= 0.3 is 0 Å². The lowest BCUT2D eigenvalue weighted by Crippen LogP contribution is -2.01. The number of ether oxygens (including phenoxy) is 1. The number of rotatable bonds is 6. The first-order valence-electron chi connectivity index (χ1n) is 6.38. The second-order valence-electron chi connectivity index (χ2n) is 5.66. The van der Waals surface area contributed by atoms with Crippen LogP contribution >= 0.6 is 0 Å². The van der Waals surface area contributed by atoms with Crippen molar-refractivity contribution in [2.24, 2.45) is 0 Å². The van der Waals surface area contributed by atoms with Crippen LogP contribution in [0.15, 0.2) is 23.3 Å². The number of hydrogen-bond acceptors (Lipinski definition) is 1. The summed E-state index contributed by atoms with van der Waals surface area (Å²) in [6.07, 6.45) is 9.88. The first-order valence-corrected chi connectivity index (χ1v) is 6.38. The van der Waals surface area contributed by atoms with Gasteiger partial charge in [-0.2, -0.15) is 0 Å². The van der Waals surface area contributed by atoms with Crippen molar-refractivity contribution in [1.82, 2.24) is 0 Å². The van der Waals surface area contributed by atoms with Crippen molar-refractivity contribution in [3.63, 3.8) is 0 Å². The summed E-state index contributed by atoms with van der Waals surface area (Å²) in [4.78, 5) is 0. The highest BCUT2D eigenvalue weighted by Gasteiger charge is 2.46. The number of allylic oxidation sites excluding steroid dienone is 4. The summed E-state index contributed by atoms with van der Waals surface area (Å²) in [5.41, 5.74) is 3.08. The zero-order chi connectivity index (χ0) is 12.2. The van der Waals surface area contributed by atoms with E-state index in [0.29, 0.717) is 6.10 Å². The molecule has 0 aliphatic carbocycles. The van der Waals surface area contributed by atoms with Crippen LogP contribution < -0.4 is 0 Å². The standard InChI is InChI=1S/C15H26O/c1-12(2)8-6-9-13(3)10-7-11-14-15(4,5)16-14/h8,10,14H,6-7,9,11H2,1-5H3. The molecule has 1 rings (SSSR count). The molecular weight excluding hydrogens is 196 g/mol. The van der Waals surface area contributed by atoms with Crippen molar-refractivity contribution in [3.8, 4) is 0 Å². The predicted molar refractivity (Wildman–Crippen MR) is 70.6 cm³/mol. The Kier molecular flexibility index (Phi) is 4.79. The third kappa shape index (κ3) is 4.98. The van der Waals surface area contributed by atoms with Gasteiger partial charge in [0.25, 0.3) is 0 Å². The van der Waals surface area contributed by atoms with Crippen LogP contribution in [0.3, 0.4) is 0 Å². The van der Waals surface area contributed by atoms with Crippen molar-refractivity contribution in [1.29, 1.82) is 0 Å². The molecule has 16 heavy (non-hydrogen) atoms. The molecule has 1 aliphatic heterocycles. The monoisotopic (exact) mass is 222 g/mol. The minimum atomic E-state index is 0.157. The van der Waals surface area contributed by atoms with Crippen LogP contribution in [0.5, 0.6) is 0 Å². The SMILES string of the molecule is CC(C)=CCCC(C)=CCCC1OC1(C)C. The molecule has 0 aromatic rings. The lowest BCUT2D eigenvalue weighted by Gasteiger charge is -1.99. The summed E-state index contributed by atoms with van der Waals surface area (Å²) in [5, 5.41) is 0. The fourth-order valence-corrected chi connectivity index (χ4v) is 1.91. The van der Waals surface area contributed by atoms with Crippen molar-refractivity contribution < 1.29 is 4.74 Å². The Hall–Kier alpha value is -0.560. The van der Waals surface area contributed by atoms with Crippen LogP contribution in [-0.2, 0) is 4.74 Å². The first kappa shape index (κ1) is 13.5. The minimum absolute atomic E-state index is 0.157. The summed E-state index contributed by atoms with van der Waals surface area (Å²) < 4.78 is 5.56. The molecule has 0 amide bonds. The van der Waals surface area contributed by atoms with E-state index in [2.05, 4.69) is 46.8 Å². The lowest BCUT2D eigenvalue weighted by molar-refractivity contribution is 0.320. The molecule has 0 aromatic heterocycles. The van der Waals surface area contributed by atoms with E-state index in [0.717, 1.165) is 6.42 Å². The number of epoxide rings is 1. The quantitative estimate of drug-likeness (QED) is 0.471. The Balaban J connectivity index is 2.12. The van der Waals surface area contributed by atoms with Gasteiger partial charge < -0.3 is 4.74 Å². The van der Waals surface area contributed by atoms with E-state index < -0.39 is 0 Å². The molecular formula is C15H26O. The van der Waals surface area contributed by atoms with Gasteiger partial charge in [-0.25, -0.2) is 0 Å². The van der Waals surface area contributed by atoms with E-state index >= 15 is 0 Å². The van der Waals surface area contributed by atoms with Gasteiger partial charge in [0.1, 0.15) is 0 Å². The molecule has 0 aromatic carbocycles. The van der Waals surface area contributed by atoms with Crippen LogP contribution in [0.2, 0.25) is 0 Å². The third-order valence-corrected chi connectivity index (χ3v) is 3.18. The molecule has 1 heterocycles. The molecule has 1 heteroatoms. The van der Waals surface area contributed by atoms with Crippen LogP contribution in [0.25, 0.3) is 0 Å². The molecule has 0 saturated carbocycles. The summed E-state index contributed by atoms with van der Waals surface area (Å²) >= 11 is 0. The van der Waals surface area contributed by atoms with Crippen molar-refractivity contribution in [3.05, 3.63) is 23.3 Å². The maximum absolute atomic E-state index is 5.56. The zero-order valence-electron chi connectivity index (χ0n) is 11.5. The van der Waals surface area contributed by atoms with Gasteiger partial charge in [0.15, 0.2) is 0 Å². The molecule has 1 saturated heterocycles. The summed E-state index contributed by atoms with van der Waals surface area (Å²) in [6.45, 7) is 10.9. The highest BCUT2D eigenvalue weighted by Crippen LogP contribution is 2.38. The minimum Gasteiger partial charge on any atom is -0.367 e. The van der Waals surface area contributed by atoms with Crippen LogP contribution in [0, 0.1) is 0 Å². The van der Waals surface area contributed by atoms with Gasteiger partial charge in [-0.15, -0.1) is 0 Å². The number of hydrogen-bond donors (Lipinski definition) is 0. The molecule has 1 unspecified atom stereocenters. The molecule has 92 valence electrons. The molecule has 1 nitrogen and oxygen atoms in total. The van der Waals surface area contributed by atoms with E-state index in [4.69, 9.17) is 4.74 Å². The Morgan fingerprint density at radius 2 is 1.75 bits per heavy atom. The summed E-state index contributed by atoms with van der Waals surface area (Å²) in [7, 11) is 0. The van der Waals surface area contributed by atoms with Gasteiger partial charge in [-0.05, 0) is 60.3 Å². The normalized spacial score (nSPS) is 23.1. The van der Waals surface area contributed by atoms with E-state index in [1.165, 1.54) is 30.4 Å². The Morgan fingerprint density at radius 1 is 1.12 bits per heavy atom. The third-order valence-electron chi connectivity index (χ3n) is 3.18. The fourth-order valence-electron chi connectivity index (χ4n) is 1.91. The van der Waals surface area contributed by atoms with Gasteiger partial charge in [-0.3, -0.25) is 0 Å².